The van der Waals surface area contributed by atoms with Gasteiger partial charge in [-0.1, -0.05) is 41.4 Å². The first-order valence-electron chi connectivity index (χ1n) is 8.59. The molecule has 0 bridgehead atoms. The quantitative estimate of drug-likeness (QED) is 0.233. The first-order valence-corrected chi connectivity index (χ1v) is 10.9. The van der Waals surface area contributed by atoms with E-state index in [0.29, 0.717) is 32.5 Å². The second kappa shape index (κ2) is 10.2. The molecule has 0 saturated carbocycles. The van der Waals surface area contributed by atoms with Gasteiger partial charge in [0.05, 0.1) is 32.2 Å². The summed E-state index contributed by atoms with van der Waals surface area (Å²) in [6.07, 6.45) is 1.76. The molecule has 0 amide bonds. The van der Waals surface area contributed by atoms with Crippen LogP contribution in [0, 0.1) is 22.7 Å². The van der Waals surface area contributed by atoms with Crippen molar-refractivity contribution in [1.82, 2.24) is 0 Å². The van der Waals surface area contributed by atoms with Crippen LogP contribution in [-0.4, -0.2) is 0 Å². The molecule has 0 fully saturated rings. The van der Waals surface area contributed by atoms with Gasteiger partial charge in [-0.05, 0) is 85.5 Å². The van der Waals surface area contributed by atoms with E-state index < -0.39 is 0 Å². The highest BCUT2D eigenvalue weighted by atomic mass is 79.9. The Morgan fingerprint density at radius 3 is 2.37 bits per heavy atom. The maximum atomic E-state index is 9.58. The predicted octanol–water partition coefficient (Wildman–Crippen LogP) is 8.03. The fourth-order valence-electron chi connectivity index (χ4n) is 2.69. The second-order valence-electron chi connectivity index (χ2n) is 6.20. The highest BCUT2D eigenvalue weighted by Crippen LogP contribution is 2.37. The maximum absolute atomic E-state index is 9.58. The zero-order valence-electron chi connectivity index (χ0n) is 15.3. The Kier molecular flexibility index (Phi) is 7.58. The fraction of sp³-hybridized carbons (Fsp3) is 0.0435. The lowest BCUT2D eigenvalue weighted by Crippen LogP contribution is -1.98. The maximum Gasteiger partial charge on any atom is 0.148 e. The fourth-order valence-corrected chi connectivity index (χ4v) is 4.61. The van der Waals surface area contributed by atoms with Crippen LogP contribution in [0.4, 0.5) is 0 Å². The summed E-state index contributed by atoms with van der Waals surface area (Å²) >= 11 is 19.2. The molecule has 0 aliphatic heterocycles. The minimum Gasteiger partial charge on any atom is -0.486 e. The van der Waals surface area contributed by atoms with Crippen molar-refractivity contribution in [2.75, 3.05) is 0 Å². The molecular weight excluding hydrogens is 551 g/mol. The van der Waals surface area contributed by atoms with E-state index in [1.54, 1.807) is 42.5 Å². The Hall–Kier alpha value is -2.28. The summed E-state index contributed by atoms with van der Waals surface area (Å²) in [6, 6.07) is 20.2. The van der Waals surface area contributed by atoms with Crippen LogP contribution in [0.15, 0.2) is 63.5 Å². The number of halogens is 4. The molecule has 0 aliphatic rings. The number of ether oxygens (including phenoxy) is 1. The Morgan fingerprint density at radius 2 is 1.73 bits per heavy atom. The van der Waals surface area contributed by atoms with Crippen molar-refractivity contribution in [3.8, 4) is 17.9 Å². The van der Waals surface area contributed by atoms with E-state index in [9.17, 15) is 5.26 Å². The molecule has 0 aliphatic carbocycles. The lowest BCUT2D eigenvalue weighted by molar-refractivity contribution is 0.302. The monoisotopic (exact) mass is 560 g/mol. The lowest BCUT2D eigenvalue weighted by Gasteiger charge is -2.13. The molecule has 0 saturated heterocycles. The van der Waals surface area contributed by atoms with E-state index in [4.69, 9.17) is 33.2 Å². The minimum atomic E-state index is 0.271. The molecular formula is C23H12Br2Cl2N2O. The molecule has 3 aromatic rings. The molecule has 7 heteroatoms. The number of nitriles is 2. The lowest BCUT2D eigenvalue weighted by atomic mass is 10.0. The summed E-state index contributed by atoms with van der Waals surface area (Å²) in [7, 11) is 0. The molecule has 0 N–H and O–H groups in total. The number of allylic oxidation sites excluding steroid dienone is 1. The Balaban J connectivity index is 1.87. The van der Waals surface area contributed by atoms with E-state index in [0.717, 1.165) is 20.1 Å². The van der Waals surface area contributed by atoms with Crippen LogP contribution in [0.5, 0.6) is 5.75 Å². The van der Waals surface area contributed by atoms with Crippen LogP contribution in [0.2, 0.25) is 10.0 Å². The van der Waals surface area contributed by atoms with E-state index in [1.807, 2.05) is 18.2 Å². The second-order valence-corrected chi connectivity index (χ2v) is 8.75. The van der Waals surface area contributed by atoms with E-state index >= 15 is 0 Å². The van der Waals surface area contributed by atoms with Crippen LogP contribution < -0.4 is 4.74 Å². The van der Waals surface area contributed by atoms with E-state index in [2.05, 4.69) is 44.0 Å². The predicted molar refractivity (Wildman–Crippen MR) is 127 cm³/mol. The molecule has 148 valence electrons. The number of benzene rings is 3. The third-order valence-corrected chi connectivity index (χ3v) is 5.91. The molecule has 0 aromatic heterocycles. The molecule has 3 nitrogen and oxygen atoms in total. The smallest absolute Gasteiger partial charge is 0.148 e. The summed E-state index contributed by atoms with van der Waals surface area (Å²) in [5, 5.41) is 19.8. The van der Waals surface area contributed by atoms with Gasteiger partial charge in [-0.15, -0.1) is 0 Å². The topological polar surface area (TPSA) is 56.8 Å². The molecule has 30 heavy (non-hydrogen) atoms. The molecule has 0 atom stereocenters. The third kappa shape index (κ3) is 5.45. The van der Waals surface area contributed by atoms with Crippen molar-refractivity contribution < 1.29 is 4.74 Å². The highest BCUT2D eigenvalue weighted by Gasteiger charge is 2.11. The molecule has 3 rings (SSSR count). The molecule has 3 aromatic carbocycles. The van der Waals surface area contributed by atoms with Gasteiger partial charge in [0, 0.05) is 15.6 Å². The zero-order valence-corrected chi connectivity index (χ0v) is 20.0. The Labute approximate surface area is 201 Å². The summed E-state index contributed by atoms with van der Waals surface area (Å²) in [5.74, 6) is 0.614. The average Bonchev–Trinajstić information content (AvgIpc) is 2.72. The van der Waals surface area contributed by atoms with Crippen LogP contribution in [0.1, 0.15) is 22.3 Å². The van der Waals surface area contributed by atoms with Gasteiger partial charge in [0.2, 0.25) is 0 Å². The Bertz CT molecular complexity index is 1200. The summed E-state index contributed by atoms with van der Waals surface area (Å²) in [4.78, 5) is 0. The van der Waals surface area contributed by atoms with Gasteiger partial charge in [-0.25, -0.2) is 0 Å². The highest BCUT2D eigenvalue weighted by molar-refractivity contribution is 9.11. The van der Waals surface area contributed by atoms with Crippen molar-refractivity contribution in [2.45, 2.75) is 6.61 Å². The number of hydrogen-bond donors (Lipinski definition) is 0. The van der Waals surface area contributed by atoms with Crippen LogP contribution in [-0.2, 0) is 6.61 Å². The first-order chi connectivity index (χ1) is 14.4. The van der Waals surface area contributed by atoms with Gasteiger partial charge >= 0.3 is 0 Å². The summed E-state index contributed by atoms with van der Waals surface area (Å²) in [5.41, 5.74) is 3.24. The summed E-state index contributed by atoms with van der Waals surface area (Å²) in [6.45, 7) is 0.271. The Morgan fingerprint density at radius 1 is 1.00 bits per heavy atom. The average molecular weight is 563 g/mol. The molecule has 0 radical (unpaired) electrons. The minimum absolute atomic E-state index is 0.271. The van der Waals surface area contributed by atoms with Crippen molar-refractivity contribution >= 4 is 66.7 Å². The van der Waals surface area contributed by atoms with Crippen LogP contribution >= 0.6 is 55.1 Å². The van der Waals surface area contributed by atoms with Gasteiger partial charge in [-0.3, -0.25) is 0 Å². The van der Waals surface area contributed by atoms with Crippen molar-refractivity contribution in [3.63, 3.8) is 0 Å². The normalized spacial score (nSPS) is 10.9. The van der Waals surface area contributed by atoms with Gasteiger partial charge in [0.15, 0.2) is 0 Å². The molecule has 0 spiro atoms. The van der Waals surface area contributed by atoms with Crippen molar-refractivity contribution in [1.29, 1.82) is 10.5 Å². The van der Waals surface area contributed by atoms with Crippen molar-refractivity contribution in [2.24, 2.45) is 0 Å². The molecule has 0 heterocycles. The van der Waals surface area contributed by atoms with Gasteiger partial charge < -0.3 is 4.74 Å². The first kappa shape index (κ1) is 22.4. The number of rotatable bonds is 5. The third-order valence-electron chi connectivity index (χ3n) is 4.14. The van der Waals surface area contributed by atoms with Gasteiger partial charge in [-0.2, -0.15) is 10.5 Å². The summed E-state index contributed by atoms with van der Waals surface area (Å²) < 4.78 is 7.37. The zero-order chi connectivity index (χ0) is 21.7. The van der Waals surface area contributed by atoms with Crippen molar-refractivity contribution in [3.05, 3.63) is 95.8 Å². The standard InChI is InChI=1S/C23H12Br2Cl2N2O/c24-20-8-15(7-18(12-29)16-3-1-2-14(6-16)11-28)9-21(25)23(20)30-13-17-4-5-19(26)10-22(17)27/h1-10H,13H2/b18-7-. The van der Waals surface area contributed by atoms with Gasteiger partial charge in [0.25, 0.3) is 0 Å². The number of hydrogen-bond acceptors (Lipinski definition) is 3. The SMILES string of the molecule is N#C/C(=C/c1cc(Br)c(OCc2ccc(Cl)cc2Cl)c(Br)c1)c1cccc(C#N)c1. The van der Waals surface area contributed by atoms with E-state index in [-0.39, 0.29) is 6.61 Å². The largest absolute Gasteiger partial charge is 0.486 e. The van der Waals surface area contributed by atoms with Gasteiger partial charge in [0.1, 0.15) is 12.4 Å². The number of nitrogens with zero attached hydrogens (tertiary/aromatic N) is 2. The molecule has 0 unspecified atom stereocenters. The van der Waals surface area contributed by atoms with Crippen LogP contribution in [0.25, 0.3) is 11.6 Å². The van der Waals surface area contributed by atoms with Crippen LogP contribution in [0.3, 0.4) is 0 Å². The van der Waals surface area contributed by atoms with E-state index in [1.165, 1.54) is 0 Å².